The van der Waals surface area contributed by atoms with Crippen LogP contribution in [-0.4, -0.2) is 11.0 Å². The Balaban J connectivity index is 2.17. The van der Waals surface area contributed by atoms with Gasteiger partial charge in [-0.3, -0.25) is 0 Å². The van der Waals surface area contributed by atoms with Crippen LogP contribution in [0.2, 0.25) is 0 Å². The third-order valence-corrected chi connectivity index (χ3v) is 2.01. The van der Waals surface area contributed by atoms with Crippen LogP contribution < -0.4 is 10.5 Å². The van der Waals surface area contributed by atoms with Gasteiger partial charge in [-0.2, -0.15) is 0 Å². The fourth-order valence-corrected chi connectivity index (χ4v) is 1.25. The molecule has 1 aromatic carbocycles. The highest BCUT2D eigenvalue weighted by Crippen LogP contribution is 2.16. The van der Waals surface area contributed by atoms with E-state index in [1.54, 1.807) is 0 Å². The summed E-state index contributed by atoms with van der Waals surface area (Å²) in [4.78, 5) is 14.2. The standard InChI is InChI=1S/C11H9FN2O2/c12-7-2-1-3-8(6-7)16-11(15)9-4-5-14-10(9)13/h1-6,14H,13H2. The molecule has 2 aromatic rings. The van der Waals surface area contributed by atoms with Crippen molar-refractivity contribution in [3.05, 3.63) is 47.9 Å². The fraction of sp³-hybridized carbons (Fsp3) is 0. The van der Waals surface area contributed by atoms with Gasteiger partial charge in [-0.25, -0.2) is 9.18 Å². The molecule has 0 fully saturated rings. The SMILES string of the molecule is Nc1[nH]ccc1C(=O)Oc1cccc(F)c1. The van der Waals surface area contributed by atoms with Crippen molar-refractivity contribution < 1.29 is 13.9 Å². The van der Waals surface area contributed by atoms with E-state index in [-0.39, 0.29) is 17.1 Å². The average Bonchev–Trinajstić information content (AvgIpc) is 2.64. The molecule has 4 nitrogen and oxygen atoms in total. The number of aromatic amines is 1. The van der Waals surface area contributed by atoms with Gasteiger partial charge in [0, 0.05) is 12.3 Å². The van der Waals surface area contributed by atoms with Crippen LogP contribution in [0.25, 0.3) is 0 Å². The molecule has 1 heterocycles. The number of aromatic nitrogens is 1. The maximum absolute atomic E-state index is 12.8. The normalized spacial score (nSPS) is 10.1. The number of nitrogen functional groups attached to an aromatic ring is 1. The van der Waals surface area contributed by atoms with Gasteiger partial charge in [0.15, 0.2) is 0 Å². The molecular weight excluding hydrogens is 211 g/mol. The number of carbonyl (C=O) groups is 1. The predicted molar refractivity (Wildman–Crippen MR) is 56.6 cm³/mol. The Labute approximate surface area is 90.8 Å². The van der Waals surface area contributed by atoms with Crippen LogP contribution in [0.3, 0.4) is 0 Å². The topological polar surface area (TPSA) is 68.1 Å². The minimum atomic E-state index is -0.621. The Kier molecular flexibility index (Phi) is 2.59. The molecule has 0 amide bonds. The van der Waals surface area contributed by atoms with Crippen LogP contribution in [0.5, 0.6) is 5.75 Å². The second-order valence-electron chi connectivity index (χ2n) is 3.15. The molecule has 16 heavy (non-hydrogen) atoms. The number of rotatable bonds is 2. The molecule has 0 unspecified atom stereocenters. The lowest BCUT2D eigenvalue weighted by Gasteiger charge is -2.03. The first-order chi connectivity index (χ1) is 7.66. The Morgan fingerprint density at radius 3 is 2.81 bits per heavy atom. The highest BCUT2D eigenvalue weighted by atomic mass is 19.1. The van der Waals surface area contributed by atoms with Gasteiger partial charge in [-0.15, -0.1) is 0 Å². The molecule has 0 aliphatic heterocycles. The highest BCUT2D eigenvalue weighted by Gasteiger charge is 2.13. The minimum absolute atomic E-state index is 0.144. The quantitative estimate of drug-likeness (QED) is 0.600. The summed E-state index contributed by atoms with van der Waals surface area (Å²) in [6, 6.07) is 6.84. The monoisotopic (exact) mass is 220 g/mol. The summed E-state index contributed by atoms with van der Waals surface area (Å²) in [5, 5.41) is 0. The third-order valence-electron chi connectivity index (χ3n) is 2.01. The van der Waals surface area contributed by atoms with Crippen LogP contribution in [0.1, 0.15) is 10.4 Å². The number of ether oxygens (including phenoxy) is 1. The first-order valence-electron chi connectivity index (χ1n) is 4.57. The van der Waals surface area contributed by atoms with Gasteiger partial charge in [0.25, 0.3) is 0 Å². The zero-order chi connectivity index (χ0) is 11.5. The molecule has 0 atom stereocenters. The lowest BCUT2D eigenvalue weighted by molar-refractivity contribution is 0.0736. The molecule has 0 aliphatic rings. The lowest BCUT2D eigenvalue weighted by atomic mass is 10.3. The Hall–Kier alpha value is -2.30. The molecule has 0 radical (unpaired) electrons. The maximum atomic E-state index is 12.8. The highest BCUT2D eigenvalue weighted by molar-refractivity contribution is 5.95. The molecule has 1 aromatic heterocycles. The van der Waals surface area contributed by atoms with Crippen LogP contribution in [0.4, 0.5) is 10.2 Å². The number of halogens is 1. The summed E-state index contributed by atoms with van der Waals surface area (Å²) in [5.41, 5.74) is 5.72. The van der Waals surface area contributed by atoms with Gasteiger partial charge in [0.1, 0.15) is 22.9 Å². The molecule has 3 N–H and O–H groups in total. The van der Waals surface area contributed by atoms with E-state index >= 15 is 0 Å². The van der Waals surface area contributed by atoms with Crippen LogP contribution in [0.15, 0.2) is 36.5 Å². The number of anilines is 1. The van der Waals surface area contributed by atoms with Gasteiger partial charge in [-0.05, 0) is 18.2 Å². The number of benzene rings is 1. The van der Waals surface area contributed by atoms with Crippen LogP contribution in [-0.2, 0) is 0 Å². The van der Waals surface area contributed by atoms with E-state index in [0.717, 1.165) is 6.07 Å². The summed E-state index contributed by atoms with van der Waals surface area (Å²) in [7, 11) is 0. The van der Waals surface area contributed by atoms with Crippen molar-refractivity contribution in [2.75, 3.05) is 5.73 Å². The van der Waals surface area contributed by atoms with E-state index in [4.69, 9.17) is 10.5 Å². The number of hydrogen-bond acceptors (Lipinski definition) is 3. The lowest BCUT2D eigenvalue weighted by Crippen LogP contribution is -2.09. The molecular formula is C11H9FN2O2. The van der Waals surface area contributed by atoms with E-state index in [2.05, 4.69) is 4.98 Å². The van der Waals surface area contributed by atoms with E-state index in [1.807, 2.05) is 0 Å². The molecule has 0 saturated heterocycles. The Bertz CT molecular complexity index is 522. The molecule has 0 aliphatic carbocycles. The summed E-state index contributed by atoms with van der Waals surface area (Å²) >= 11 is 0. The third kappa shape index (κ3) is 2.03. The molecule has 2 rings (SSSR count). The summed E-state index contributed by atoms with van der Waals surface area (Å²) in [6.45, 7) is 0. The zero-order valence-corrected chi connectivity index (χ0v) is 8.24. The maximum Gasteiger partial charge on any atom is 0.347 e. The number of carbonyl (C=O) groups excluding carboxylic acids is 1. The second kappa shape index (κ2) is 4.06. The first-order valence-corrected chi connectivity index (χ1v) is 4.57. The average molecular weight is 220 g/mol. The predicted octanol–water partition coefficient (Wildman–Crippen LogP) is 1.96. The van der Waals surface area contributed by atoms with Gasteiger partial charge in [0.05, 0.1) is 0 Å². The largest absolute Gasteiger partial charge is 0.423 e. The fourth-order valence-electron chi connectivity index (χ4n) is 1.25. The van der Waals surface area contributed by atoms with E-state index in [0.29, 0.717) is 0 Å². The van der Waals surface area contributed by atoms with Crippen LogP contribution in [0, 0.1) is 5.82 Å². The summed E-state index contributed by atoms with van der Waals surface area (Å²) in [6.07, 6.45) is 1.53. The van der Waals surface area contributed by atoms with Crippen molar-refractivity contribution in [2.24, 2.45) is 0 Å². The van der Waals surface area contributed by atoms with Gasteiger partial charge < -0.3 is 15.5 Å². The molecule has 0 bridgehead atoms. The minimum Gasteiger partial charge on any atom is -0.423 e. The van der Waals surface area contributed by atoms with Crippen molar-refractivity contribution in [3.8, 4) is 5.75 Å². The van der Waals surface area contributed by atoms with Crippen molar-refractivity contribution in [1.82, 2.24) is 4.98 Å². The number of nitrogens with one attached hydrogen (secondary N) is 1. The van der Waals surface area contributed by atoms with E-state index < -0.39 is 11.8 Å². The van der Waals surface area contributed by atoms with Crippen LogP contribution >= 0.6 is 0 Å². The van der Waals surface area contributed by atoms with Gasteiger partial charge in [0.2, 0.25) is 0 Å². The van der Waals surface area contributed by atoms with E-state index in [1.165, 1.54) is 30.5 Å². The first kappa shape index (κ1) is 10.2. The molecule has 0 spiro atoms. The van der Waals surface area contributed by atoms with Crippen molar-refractivity contribution in [2.45, 2.75) is 0 Å². The second-order valence-corrected chi connectivity index (χ2v) is 3.15. The number of nitrogens with two attached hydrogens (primary N) is 1. The zero-order valence-electron chi connectivity index (χ0n) is 8.24. The smallest absolute Gasteiger partial charge is 0.347 e. The number of H-pyrrole nitrogens is 1. The number of esters is 1. The Morgan fingerprint density at radius 2 is 2.19 bits per heavy atom. The number of hydrogen-bond donors (Lipinski definition) is 2. The van der Waals surface area contributed by atoms with E-state index in [9.17, 15) is 9.18 Å². The van der Waals surface area contributed by atoms with Crippen molar-refractivity contribution in [1.29, 1.82) is 0 Å². The summed E-state index contributed by atoms with van der Waals surface area (Å²) in [5.74, 6) is -0.719. The Morgan fingerprint density at radius 1 is 1.38 bits per heavy atom. The van der Waals surface area contributed by atoms with Gasteiger partial charge >= 0.3 is 5.97 Å². The molecule has 0 saturated carbocycles. The van der Waals surface area contributed by atoms with Gasteiger partial charge in [-0.1, -0.05) is 6.07 Å². The van der Waals surface area contributed by atoms with Crippen molar-refractivity contribution >= 4 is 11.8 Å². The van der Waals surface area contributed by atoms with Crippen molar-refractivity contribution in [3.63, 3.8) is 0 Å². The molecule has 5 heteroatoms. The molecule has 82 valence electrons. The summed E-state index contributed by atoms with van der Waals surface area (Å²) < 4.78 is 17.8.